The molecule has 1 aromatic heterocycles. The zero-order valence-electron chi connectivity index (χ0n) is 18.1. The van der Waals surface area contributed by atoms with Gasteiger partial charge < -0.3 is 19.7 Å². The van der Waals surface area contributed by atoms with Crippen LogP contribution >= 0.6 is 35.3 Å². The molecule has 0 bridgehead atoms. The summed E-state index contributed by atoms with van der Waals surface area (Å²) < 4.78 is 11.1. The van der Waals surface area contributed by atoms with Gasteiger partial charge in [0.25, 0.3) is 0 Å². The average molecular weight is 532 g/mol. The van der Waals surface area contributed by atoms with Crippen molar-refractivity contribution < 1.29 is 9.47 Å². The number of nitrogens with zero attached hydrogens (tertiary/aromatic N) is 3. The lowest BCUT2D eigenvalue weighted by Crippen LogP contribution is -2.38. The van der Waals surface area contributed by atoms with Crippen molar-refractivity contribution in [2.24, 2.45) is 4.99 Å². The molecule has 0 saturated carbocycles. The van der Waals surface area contributed by atoms with E-state index in [0.29, 0.717) is 13.1 Å². The van der Waals surface area contributed by atoms with E-state index in [9.17, 15) is 0 Å². The van der Waals surface area contributed by atoms with Crippen LogP contribution in [0.5, 0.6) is 5.75 Å². The van der Waals surface area contributed by atoms with Gasteiger partial charge in [-0.3, -0.25) is 0 Å². The quantitative estimate of drug-likeness (QED) is 0.284. The third-order valence-corrected chi connectivity index (χ3v) is 5.10. The second kappa shape index (κ2) is 13.0. The van der Waals surface area contributed by atoms with Crippen LogP contribution in [0.4, 0.5) is 0 Å². The molecule has 1 atom stereocenters. The Morgan fingerprint density at radius 3 is 2.72 bits per heavy atom. The van der Waals surface area contributed by atoms with E-state index in [1.165, 1.54) is 0 Å². The highest BCUT2D eigenvalue weighted by molar-refractivity contribution is 14.0. The number of nitrogens with one attached hydrogen (secondary N) is 1. The minimum Gasteiger partial charge on any atom is -0.491 e. The summed E-state index contributed by atoms with van der Waals surface area (Å²) in [5.74, 6) is 1.73. The molecule has 0 saturated heterocycles. The van der Waals surface area contributed by atoms with Gasteiger partial charge in [-0.25, -0.2) is 9.98 Å². The third-order valence-electron chi connectivity index (χ3n) is 4.05. The van der Waals surface area contributed by atoms with Crippen LogP contribution in [0.1, 0.15) is 50.1 Å². The van der Waals surface area contributed by atoms with E-state index in [-0.39, 0.29) is 36.2 Å². The first-order chi connectivity index (χ1) is 13.4. The number of methoxy groups -OCH3 is 1. The van der Waals surface area contributed by atoms with Gasteiger partial charge in [-0.05, 0) is 45.4 Å². The number of hydrogen-bond acceptors (Lipinski definition) is 5. The molecule has 6 nitrogen and oxygen atoms in total. The maximum absolute atomic E-state index is 5.77. The molecule has 1 heterocycles. The highest BCUT2D eigenvalue weighted by Gasteiger charge is 2.12. The zero-order chi connectivity index (χ0) is 20.5. The fraction of sp³-hybridized carbons (Fsp3) is 0.524. The van der Waals surface area contributed by atoms with Crippen molar-refractivity contribution in [2.45, 2.75) is 53.0 Å². The fourth-order valence-electron chi connectivity index (χ4n) is 2.63. The summed E-state index contributed by atoms with van der Waals surface area (Å²) in [6, 6.07) is 8.10. The number of guanidine groups is 1. The monoisotopic (exact) mass is 532 g/mol. The molecule has 1 aromatic carbocycles. The topological polar surface area (TPSA) is 59.0 Å². The Morgan fingerprint density at radius 2 is 2.07 bits per heavy atom. The molecular weight excluding hydrogens is 499 g/mol. The first-order valence-corrected chi connectivity index (χ1v) is 10.5. The molecule has 29 heavy (non-hydrogen) atoms. The van der Waals surface area contributed by atoms with Crippen LogP contribution in [0.15, 0.2) is 34.6 Å². The average Bonchev–Trinajstić information content (AvgIpc) is 3.12. The predicted octanol–water partition coefficient (Wildman–Crippen LogP) is 4.85. The molecule has 2 rings (SSSR count). The van der Waals surface area contributed by atoms with Gasteiger partial charge in [0.15, 0.2) is 5.96 Å². The lowest BCUT2D eigenvalue weighted by Gasteiger charge is -2.21. The van der Waals surface area contributed by atoms with E-state index in [4.69, 9.17) is 14.5 Å². The van der Waals surface area contributed by atoms with E-state index < -0.39 is 0 Å². The van der Waals surface area contributed by atoms with Crippen molar-refractivity contribution in [1.29, 1.82) is 0 Å². The maximum atomic E-state index is 5.77. The normalized spacial score (nSPS) is 12.4. The Bertz CT molecular complexity index is 767. The van der Waals surface area contributed by atoms with Crippen LogP contribution in [0, 0.1) is 0 Å². The van der Waals surface area contributed by atoms with Crippen LogP contribution in [-0.2, 0) is 17.8 Å². The van der Waals surface area contributed by atoms with Gasteiger partial charge in [-0.1, -0.05) is 12.1 Å². The van der Waals surface area contributed by atoms with Gasteiger partial charge in [0.05, 0.1) is 24.9 Å². The van der Waals surface area contributed by atoms with E-state index in [2.05, 4.69) is 33.6 Å². The number of halogens is 1. The van der Waals surface area contributed by atoms with Crippen molar-refractivity contribution in [2.75, 3.05) is 20.7 Å². The summed E-state index contributed by atoms with van der Waals surface area (Å²) in [6.07, 6.45) is 0.178. The lowest BCUT2D eigenvalue weighted by atomic mass is 10.2. The van der Waals surface area contributed by atoms with Crippen LogP contribution in [-0.4, -0.2) is 42.6 Å². The van der Waals surface area contributed by atoms with Crippen molar-refractivity contribution in [3.8, 4) is 5.75 Å². The summed E-state index contributed by atoms with van der Waals surface area (Å²) in [6.45, 7) is 10.2. The van der Waals surface area contributed by atoms with Gasteiger partial charge >= 0.3 is 0 Å². The molecule has 162 valence electrons. The number of benzene rings is 1. The molecule has 0 radical (unpaired) electrons. The Hall–Kier alpha value is -1.39. The summed E-state index contributed by atoms with van der Waals surface area (Å²) in [5.41, 5.74) is 2.14. The highest BCUT2D eigenvalue weighted by Crippen LogP contribution is 2.21. The first-order valence-electron chi connectivity index (χ1n) is 9.65. The van der Waals surface area contributed by atoms with E-state index in [1.54, 1.807) is 18.4 Å². The molecule has 0 aliphatic rings. The molecule has 0 fully saturated rings. The van der Waals surface area contributed by atoms with Gasteiger partial charge in [0.2, 0.25) is 0 Å². The number of ether oxygens (including phenoxy) is 2. The van der Waals surface area contributed by atoms with Crippen molar-refractivity contribution in [3.63, 3.8) is 0 Å². The van der Waals surface area contributed by atoms with Crippen molar-refractivity contribution >= 4 is 41.3 Å². The number of rotatable bonds is 9. The molecule has 8 heteroatoms. The summed E-state index contributed by atoms with van der Waals surface area (Å²) in [5, 5.41) is 6.43. The predicted molar refractivity (Wildman–Crippen MR) is 131 cm³/mol. The molecule has 0 spiro atoms. The Morgan fingerprint density at radius 1 is 1.31 bits per heavy atom. The Balaban J connectivity index is 0.00000420. The number of aliphatic imine (C=N–C) groups is 1. The molecule has 1 N–H and O–H groups in total. The summed E-state index contributed by atoms with van der Waals surface area (Å²) in [7, 11) is 3.73. The lowest BCUT2D eigenvalue weighted by molar-refractivity contribution is 0.119. The minimum atomic E-state index is 0. The van der Waals surface area contributed by atoms with Gasteiger partial charge in [-0.15, -0.1) is 35.3 Å². The van der Waals surface area contributed by atoms with Gasteiger partial charge in [0.1, 0.15) is 16.9 Å². The molecular formula is C21H33IN4O2S. The summed E-state index contributed by atoms with van der Waals surface area (Å²) >= 11 is 1.63. The standard InChI is InChI=1S/C21H32N4O2S.HI/c1-7-22-21(23-12-17-9-8-10-19(11-17)27-15(2)3)25(5)13-18-14-28-20(24-18)16(4)26-6;/h8-11,14-16H,7,12-13H2,1-6H3,(H,22,23);1H. The van der Waals surface area contributed by atoms with Crippen LogP contribution in [0.25, 0.3) is 0 Å². The Kier molecular flexibility index (Phi) is 11.5. The van der Waals surface area contributed by atoms with Gasteiger partial charge in [0, 0.05) is 26.1 Å². The smallest absolute Gasteiger partial charge is 0.194 e. The molecule has 0 aliphatic heterocycles. The van der Waals surface area contributed by atoms with Crippen molar-refractivity contribution in [1.82, 2.24) is 15.2 Å². The van der Waals surface area contributed by atoms with Crippen molar-refractivity contribution in [3.05, 3.63) is 45.9 Å². The maximum Gasteiger partial charge on any atom is 0.194 e. The van der Waals surface area contributed by atoms with Crippen LogP contribution < -0.4 is 10.1 Å². The molecule has 1 unspecified atom stereocenters. The van der Waals surface area contributed by atoms with E-state index in [0.717, 1.165) is 34.5 Å². The first kappa shape index (κ1) is 25.6. The second-order valence-electron chi connectivity index (χ2n) is 6.90. The van der Waals surface area contributed by atoms with Gasteiger partial charge in [-0.2, -0.15) is 0 Å². The van der Waals surface area contributed by atoms with E-state index >= 15 is 0 Å². The van der Waals surface area contributed by atoms with Crippen LogP contribution in [0.2, 0.25) is 0 Å². The second-order valence-corrected chi connectivity index (χ2v) is 7.78. The molecule has 2 aromatic rings. The van der Waals surface area contributed by atoms with Crippen LogP contribution in [0.3, 0.4) is 0 Å². The fourth-order valence-corrected chi connectivity index (χ4v) is 3.47. The molecule has 0 aliphatic carbocycles. The number of hydrogen-bond donors (Lipinski definition) is 1. The minimum absolute atomic E-state index is 0. The largest absolute Gasteiger partial charge is 0.491 e. The zero-order valence-corrected chi connectivity index (χ0v) is 21.3. The molecule has 0 amide bonds. The highest BCUT2D eigenvalue weighted by atomic mass is 127. The SMILES string of the molecule is CCNC(=NCc1cccc(OC(C)C)c1)N(C)Cc1csc(C(C)OC)n1.I. The summed E-state index contributed by atoms with van der Waals surface area (Å²) in [4.78, 5) is 11.5. The Labute approximate surface area is 195 Å². The number of aromatic nitrogens is 1. The third kappa shape index (κ3) is 8.47. The number of thiazole rings is 1. The van der Waals surface area contributed by atoms with E-state index in [1.807, 2.05) is 46.0 Å².